The molecule has 5 heteroatoms. The molecule has 2 fully saturated rings. The molecule has 2 heterocycles. The van der Waals surface area contributed by atoms with Crippen LogP contribution in [0.5, 0.6) is 0 Å². The maximum atomic E-state index is 10.4. The number of carbonyl (C=O) groups is 2. The third kappa shape index (κ3) is 2.70. The van der Waals surface area contributed by atoms with Gasteiger partial charge in [0.2, 0.25) is 0 Å². The molecule has 14 heavy (non-hydrogen) atoms. The van der Waals surface area contributed by atoms with E-state index in [1.807, 2.05) is 25.8 Å². The molecule has 5 nitrogen and oxygen atoms in total. The van der Waals surface area contributed by atoms with Gasteiger partial charge < -0.3 is 4.74 Å². The zero-order valence-electron chi connectivity index (χ0n) is 8.82. The molecule has 0 aromatic heterocycles. The molecule has 2 aliphatic rings. The van der Waals surface area contributed by atoms with Crippen LogP contribution in [0, 0.1) is 0 Å². The highest BCUT2D eigenvalue weighted by molar-refractivity contribution is 5.83. The van der Waals surface area contributed by atoms with E-state index in [1.165, 1.54) is 0 Å². The maximum Gasteiger partial charge on any atom is 0.293 e. The van der Waals surface area contributed by atoms with Crippen LogP contribution in [-0.2, 0) is 14.3 Å². The second-order valence-corrected chi connectivity index (χ2v) is 4.23. The number of hydrogen-bond acceptors (Lipinski definition) is 4. The summed E-state index contributed by atoms with van der Waals surface area (Å²) in [5.74, 6) is 0.284. The number of hydrazine groups is 1. The lowest BCUT2D eigenvalue weighted by atomic mass is 10.2. The summed E-state index contributed by atoms with van der Waals surface area (Å²) in [6, 6.07) is 0. The number of amides is 1. The average Bonchev–Trinajstić information content (AvgIpc) is 1.98. The summed E-state index contributed by atoms with van der Waals surface area (Å²) in [5, 5.41) is 3.79. The first kappa shape index (κ1) is 11.0. The Balaban J connectivity index is 0.000000140. The molecule has 0 atom stereocenters. The molecule has 0 saturated carbocycles. The minimum absolute atomic E-state index is 0.284. The van der Waals surface area contributed by atoms with Crippen LogP contribution in [-0.4, -0.2) is 47.6 Å². The summed E-state index contributed by atoms with van der Waals surface area (Å²) < 4.78 is 4.55. The van der Waals surface area contributed by atoms with Gasteiger partial charge >= 0.3 is 0 Å². The molecule has 0 aromatic rings. The Morgan fingerprint density at radius 1 is 1.36 bits per heavy atom. The van der Waals surface area contributed by atoms with Gasteiger partial charge in [0.15, 0.2) is 0 Å². The number of rotatable bonds is 1. The molecular weight excluding hydrogens is 184 g/mol. The molecule has 0 N–H and O–H groups in total. The van der Waals surface area contributed by atoms with Crippen molar-refractivity contribution in [2.75, 3.05) is 19.6 Å². The van der Waals surface area contributed by atoms with Crippen molar-refractivity contribution in [2.45, 2.75) is 26.4 Å². The SMILES string of the molecule is CC(C)(C)OC=O.O=C1CN2CCN12. The molecular formula is C9H16N2O3. The van der Waals surface area contributed by atoms with Gasteiger partial charge in [-0.1, -0.05) is 0 Å². The topological polar surface area (TPSA) is 49.9 Å². The number of fused-ring (bicyclic) bond motifs is 1. The molecule has 2 saturated heterocycles. The summed E-state index contributed by atoms with van der Waals surface area (Å²) in [5.41, 5.74) is -0.318. The summed E-state index contributed by atoms with van der Waals surface area (Å²) >= 11 is 0. The predicted molar refractivity (Wildman–Crippen MR) is 50.2 cm³/mol. The second kappa shape index (κ2) is 3.96. The van der Waals surface area contributed by atoms with Crippen molar-refractivity contribution < 1.29 is 14.3 Å². The van der Waals surface area contributed by atoms with Crippen LogP contribution in [0.2, 0.25) is 0 Å². The van der Waals surface area contributed by atoms with E-state index < -0.39 is 0 Å². The van der Waals surface area contributed by atoms with E-state index in [0.717, 1.165) is 13.1 Å². The number of carbonyl (C=O) groups excluding carboxylic acids is 2. The first-order valence-corrected chi connectivity index (χ1v) is 4.61. The average molecular weight is 200 g/mol. The van der Waals surface area contributed by atoms with Crippen molar-refractivity contribution in [3.63, 3.8) is 0 Å². The Morgan fingerprint density at radius 3 is 2.00 bits per heavy atom. The summed E-state index contributed by atoms with van der Waals surface area (Å²) in [6.07, 6.45) is 0. The Bertz CT molecular complexity index is 235. The van der Waals surface area contributed by atoms with Crippen molar-refractivity contribution in [1.29, 1.82) is 0 Å². The molecule has 2 rings (SSSR count). The molecule has 0 bridgehead atoms. The van der Waals surface area contributed by atoms with E-state index in [-0.39, 0.29) is 11.5 Å². The Morgan fingerprint density at radius 2 is 2.00 bits per heavy atom. The van der Waals surface area contributed by atoms with E-state index in [1.54, 1.807) is 5.01 Å². The van der Waals surface area contributed by atoms with Crippen molar-refractivity contribution in [3.05, 3.63) is 0 Å². The van der Waals surface area contributed by atoms with E-state index in [0.29, 0.717) is 13.0 Å². The van der Waals surface area contributed by atoms with Crippen LogP contribution in [0.1, 0.15) is 20.8 Å². The molecule has 1 amide bonds. The fourth-order valence-electron chi connectivity index (χ4n) is 1.09. The number of ether oxygens (including phenoxy) is 1. The summed E-state index contributed by atoms with van der Waals surface area (Å²) in [7, 11) is 0. The first-order chi connectivity index (χ1) is 6.44. The van der Waals surface area contributed by atoms with Gasteiger partial charge in [-0.3, -0.25) is 14.6 Å². The summed E-state index contributed by atoms with van der Waals surface area (Å²) in [4.78, 5) is 20.0. The lowest BCUT2D eigenvalue weighted by Gasteiger charge is -2.51. The van der Waals surface area contributed by atoms with Crippen molar-refractivity contribution in [3.8, 4) is 0 Å². The summed E-state index contributed by atoms with van der Waals surface area (Å²) in [6.45, 7) is 8.63. The van der Waals surface area contributed by atoms with Crippen LogP contribution < -0.4 is 0 Å². The molecule has 80 valence electrons. The van der Waals surface area contributed by atoms with Gasteiger partial charge in [-0.05, 0) is 20.8 Å². The monoisotopic (exact) mass is 200 g/mol. The van der Waals surface area contributed by atoms with Crippen molar-refractivity contribution >= 4 is 12.4 Å². The van der Waals surface area contributed by atoms with E-state index in [9.17, 15) is 9.59 Å². The normalized spacial score (nSPS) is 19.6. The third-order valence-electron chi connectivity index (χ3n) is 1.92. The van der Waals surface area contributed by atoms with Gasteiger partial charge in [-0.15, -0.1) is 0 Å². The van der Waals surface area contributed by atoms with Crippen molar-refractivity contribution in [2.24, 2.45) is 0 Å². The standard InChI is InChI=1S/C5H10O2.C4H6N2O/c1-5(2,3)7-4-6;7-4-3-5-1-2-6(4)5/h4H,1-3H3;1-3H2. The van der Waals surface area contributed by atoms with Crippen LogP contribution in [0.15, 0.2) is 0 Å². The fraction of sp³-hybridized carbons (Fsp3) is 0.778. The van der Waals surface area contributed by atoms with Gasteiger partial charge in [-0.25, -0.2) is 5.01 Å². The minimum Gasteiger partial charge on any atom is -0.462 e. The smallest absolute Gasteiger partial charge is 0.293 e. The zero-order valence-corrected chi connectivity index (χ0v) is 8.82. The maximum absolute atomic E-state index is 10.4. The van der Waals surface area contributed by atoms with Crippen LogP contribution in [0.4, 0.5) is 0 Å². The van der Waals surface area contributed by atoms with Gasteiger partial charge in [0.05, 0.1) is 13.1 Å². The molecule has 2 aliphatic heterocycles. The number of piperazine rings is 1. The Hall–Kier alpha value is -1.10. The predicted octanol–water partition coefficient (Wildman–Crippen LogP) is 0.0171. The molecule has 0 aromatic carbocycles. The quantitative estimate of drug-likeness (QED) is 0.560. The highest BCUT2D eigenvalue weighted by atomic mass is 16.5. The van der Waals surface area contributed by atoms with Crippen LogP contribution in [0.3, 0.4) is 0 Å². The molecule has 0 spiro atoms. The number of hydrogen-bond donors (Lipinski definition) is 0. The zero-order chi connectivity index (χ0) is 10.8. The Labute approximate surface area is 83.6 Å². The van der Waals surface area contributed by atoms with Crippen molar-refractivity contribution in [1.82, 2.24) is 10.0 Å². The van der Waals surface area contributed by atoms with E-state index in [4.69, 9.17) is 0 Å². The molecule has 0 radical (unpaired) electrons. The lowest BCUT2D eigenvalue weighted by molar-refractivity contribution is -0.205. The Kier molecular flexibility index (Phi) is 3.10. The second-order valence-electron chi connectivity index (χ2n) is 4.23. The van der Waals surface area contributed by atoms with Gasteiger partial charge in [0, 0.05) is 6.54 Å². The highest BCUT2D eigenvalue weighted by Crippen LogP contribution is 2.18. The first-order valence-electron chi connectivity index (χ1n) is 4.61. The molecule has 0 aliphatic carbocycles. The number of nitrogens with zero attached hydrogens (tertiary/aromatic N) is 2. The van der Waals surface area contributed by atoms with Crippen LogP contribution >= 0.6 is 0 Å². The van der Waals surface area contributed by atoms with Gasteiger partial charge in [0.25, 0.3) is 12.4 Å². The van der Waals surface area contributed by atoms with E-state index >= 15 is 0 Å². The minimum atomic E-state index is -0.318. The fourth-order valence-corrected chi connectivity index (χ4v) is 1.09. The largest absolute Gasteiger partial charge is 0.462 e. The lowest BCUT2D eigenvalue weighted by Crippen LogP contribution is -2.71. The highest BCUT2D eigenvalue weighted by Gasteiger charge is 2.40. The van der Waals surface area contributed by atoms with Gasteiger partial charge in [0.1, 0.15) is 5.60 Å². The third-order valence-corrected chi connectivity index (χ3v) is 1.92. The molecule has 0 unspecified atom stereocenters. The van der Waals surface area contributed by atoms with Gasteiger partial charge in [-0.2, -0.15) is 0 Å². The van der Waals surface area contributed by atoms with Crippen LogP contribution in [0.25, 0.3) is 0 Å². The van der Waals surface area contributed by atoms with E-state index in [2.05, 4.69) is 4.74 Å².